The Morgan fingerprint density at radius 2 is 1.77 bits per heavy atom. The van der Waals surface area contributed by atoms with Gasteiger partial charge < -0.3 is 9.47 Å². The van der Waals surface area contributed by atoms with Gasteiger partial charge in [0.1, 0.15) is 12.2 Å². The van der Waals surface area contributed by atoms with Crippen LogP contribution in [-0.2, 0) is 22.6 Å². The minimum atomic E-state index is -0.843. The molecule has 0 unspecified atom stereocenters. The van der Waals surface area contributed by atoms with Crippen LogP contribution in [0.1, 0.15) is 16.7 Å². The molecule has 1 aliphatic heterocycles. The first-order chi connectivity index (χ1) is 18.7. The normalized spacial score (nSPS) is 14.3. The van der Waals surface area contributed by atoms with Gasteiger partial charge in [-0.3, -0.25) is 25.0 Å². The van der Waals surface area contributed by atoms with E-state index in [9.17, 15) is 24.5 Å². The maximum absolute atomic E-state index is 13.2. The van der Waals surface area contributed by atoms with Gasteiger partial charge in [-0.1, -0.05) is 22.0 Å². The molecule has 0 bridgehead atoms. The number of rotatable bonds is 9. The number of imide groups is 2. The molecule has 0 aromatic heterocycles. The van der Waals surface area contributed by atoms with Crippen LogP contribution in [-0.4, -0.2) is 29.9 Å². The predicted molar refractivity (Wildman–Crippen MR) is 147 cm³/mol. The van der Waals surface area contributed by atoms with Crippen molar-refractivity contribution in [1.82, 2.24) is 5.32 Å². The third kappa shape index (κ3) is 6.04. The fourth-order valence-corrected chi connectivity index (χ4v) is 4.17. The summed E-state index contributed by atoms with van der Waals surface area (Å²) in [6.45, 7) is 3.90. The molecule has 4 rings (SSSR count). The number of amides is 4. The maximum atomic E-state index is 13.2. The first-order valence-electron chi connectivity index (χ1n) is 11.6. The molecule has 11 heteroatoms. The summed E-state index contributed by atoms with van der Waals surface area (Å²) in [5.41, 5.74) is 1.89. The molecule has 3 aromatic carbocycles. The van der Waals surface area contributed by atoms with Crippen molar-refractivity contribution in [3.63, 3.8) is 0 Å². The molecular formula is C28H22BrN3O7. The van der Waals surface area contributed by atoms with Crippen molar-refractivity contribution in [2.45, 2.75) is 13.0 Å². The smallest absolute Gasteiger partial charge is 0.335 e. The quantitative estimate of drug-likeness (QED) is 0.117. The van der Waals surface area contributed by atoms with Crippen molar-refractivity contribution in [3.8, 4) is 11.5 Å². The van der Waals surface area contributed by atoms with Crippen LogP contribution in [0.15, 0.2) is 83.4 Å². The number of carbonyl (C=O) groups excluding carboxylic acids is 3. The number of anilines is 1. The molecule has 1 heterocycles. The van der Waals surface area contributed by atoms with E-state index in [0.717, 1.165) is 9.37 Å². The van der Waals surface area contributed by atoms with E-state index in [-0.39, 0.29) is 17.9 Å². The van der Waals surface area contributed by atoms with Crippen LogP contribution < -0.4 is 19.7 Å². The van der Waals surface area contributed by atoms with Gasteiger partial charge in [0.25, 0.3) is 17.5 Å². The van der Waals surface area contributed by atoms with Crippen LogP contribution in [0.5, 0.6) is 11.5 Å². The van der Waals surface area contributed by atoms with Gasteiger partial charge in [0.05, 0.1) is 17.7 Å². The molecule has 39 heavy (non-hydrogen) atoms. The number of nitro benzene ring substituents is 1. The highest BCUT2D eigenvalue weighted by molar-refractivity contribution is 9.10. The standard InChI is InChI=1S/C28H22BrN3O7/c1-3-4-19-13-18(15-24(38-2)25(19)39-16-17-5-9-22(10-6-17)32(36)37)14-23-26(33)30-28(35)31(27(23)34)21-11-7-20(29)8-12-21/h3,5-15H,1,4,16H2,2H3,(H,30,33,35)/b23-14+. The third-order valence-corrected chi connectivity index (χ3v) is 6.29. The topological polar surface area (TPSA) is 128 Å². The molecule has 0 spiro atoms. The molecule has 0 aliphatic carbocycles. The summed E-state index contributed by atoms with van der Waals surface area (Å²) in [7, 11) is 1.45. The Bertz CT molecular complexity index is 1500. The molecule has 1 saturated heterocycles. The summed E-state index contributed by atoms with van der Waals surface area (Å²) >= 11 is 3.31. The summed E-state index contributed by atoms with van der Waals surface area (Å²) in [5, 5.41) is 13.1. The lowest BCUT2D eigenvalue weighted by molar-refractivity contribution is -0.384. The molecule has 1 fully saturated rings. The Kier molecular flexibility index (Phi) is 8.21. The third-order valence-electron chi connectivity index (χ3n) is 5.77. The Hall–Kier alpha value is -4.77. The molecule has 0 saturated carbocycles. The Morgan fingerprint density at radius 3 is 2.38 bits per heavy atom. The zero-order valence-corrected chi connectivity index (χ0v) is 22.3. The van der Waals surface area contributed by atoms with Gasteiger partial charge in [-0.15, -0.1) is 6.58 Å². The second kappa shape index (κ2) is 11.7. The van der Waals surface area contributed by atoms with Gasteiger partial charge in [0.15, 0.2) is 11.5 Å². The molecule has 1 aliphatic rings. The van der Waals surface area contributed by atoms with Crippen LogP contribution >= 0.6 is 15.9 Å². The van der Waals surface area contributed by atoms with Crippen molar-refractivity contribution < 1.29 is 28.8 Å². The summed E-state index contributed by atoms with van der Waals surface area (Å²) < 4.78 is 12.3. The number of barbiturate groups is 1. The number of carbonyl (C=O) groups is 3. The number of nitrogens with one attached hydrogen (secondary N) is 1. The minimum Gasteiger partial charge on any atom is -0.493 e. The molecule has 198 valence electrons. The summed E-state index contributed by atoms with van der Waals surface area (Å²) in [6, 6.07) is 15.0. The van der Waals surface area contributed by atoms with E-state index in [2.05, 4.69) is 27.8 Å². The monoisotopic (exact) mass is 591 g/mol. The number of urea groups is 1. The van der Waals surface area contributed by atoms with E-state index >= 15 is 0 Å². The first-order valence-corrected chi connectivity index (χ1v) is 12.4. The van der Waals surface area contributed by atoms with Crippen molar-refractivity contribution in [1.29, 1.82) is 0 Å². The SMILES string of the molecule is C=CCc1cc(/C=C2\C(=O)NC(=O)N(c3ccc(Br)cc3)C2=O)cc(OC)c1OCc1ccc([N+](=O)[O-])cc1. The van der Waals surface area contributed by atoms with E-state index in [1.54, 1.807) is 54.6 Å². The zero-order valence-electron chi connectivity index (χ0n) is 20.7. The lowest BCUT2D eigenvalue weighted by Crippen LogP contribution is -2.54. The lowest BCUT2D eigenvalue weighted by atomic mass is 10.0. The number of nitrogens with zero attached hydrogens (tertiary/aromatic N) is 2. The Labute approximate surface area is 231 Å². The van der Waals surface area contributed by atoms with Crippen LogP contribution in [0, 0.1) is 10.1 Å². The molecule has 0 atom stereocenters. The average molecular weight is 592 g/mol. The lowest BCUT2D eigenvalue weighted by Gasteiger charge is -2.26. The fraction of sp³-hybridized carbons (Fsp3) is 0.107. The van der Waals surface area contributed by atoms with E-state index in [1.165, 1.54) is 25.3 Å². The highest BCUT2D eigenvalue weighted by atomic mass is 79.9. The van der Waals surface area contributed by atoms with Crippen LogP contribution in [0.3, 0.4) is 0 Å². The largest absolute Gasteiger partial charge is 0.493 e. The van der Waals surface area contributed by atoms with Crippen LogP contribution in [0.2, 0.25) is 0 Å². The minimum absolute atomic E-state index is 0.0252. The number of benzene rings is 3. The number of halogens is 1. The van der Waals surface area contributed by atoms with Gasteiger partial charge in [-0.2, -0.15) is 0 Å². The molecule has 3 aromatic rings. The number of non-ortho nitro benzene ring substituents is 1. The molecular weight excluding hydrogens is 570 g/mol. The van der Waals surface area contributed by atoms with Crippen LogP contribution in [0.4, 0.5) is 16.2 Å². The van der Waals surface area contributed by atoms with E-state index in [4.69, 9.17) is 9.47 Å². The van der Waals surface area contributed by atoms with Gasteiger partial charge in [-0.05, 0) is 72.2 Å². The Balaban J connectivity index is 1.66. The number of allylic oxidation sites excluding steroid dienone is 1. The van der Waals surface area contributed by atoms with E-state index in [0.29, 0.717) is 40.3 Å². The zero-order chi connectivity index (χ0) is 28.1. The second-order valence-corrected chi connectivity index (χ2v) is 9.27. The van der Waals surface area contributed by atoms with Gasteiger partial charge in [0.2, 0.25) is 0 Å². The summed E-state index contributed by atoms with van der Waals surface area (Å²) in [5.74, 6) is -0.827. The molecule has 4 amide bonds. The second-order valence-electron chi connectivity index (χ2n) is 8.35. The van der Waals surface area contributed by atoms with Crippen molar-refractivity contribution in [3.05, 3.63) is 110 Å². The number of hydrogen-bond acceptors (Lipinski definition) is 7. The average Bonchev–Trinajstić information content (AvgIpc) is 2.91. The molecule has 1 N–H and O–H groups in total. The van der Waals surface area contributed by atoms with Crippen molar-refractivity contribution in [2.75, 3.05) is 12.0 Å². The molecule has 0 radical (unpaired) electrons. The Morgan fingerprint density at radius 1 is 1.08 bits per heavy atom. The molecule has 10 nitrogen and oxygen atoms in total. The van der Waals surface area contributed by atoms with Gasteiger partial charge >= 0.3 is 6.03 Å². The highest BCUT2D eigenvalue weighted by Gasteiger charge is 2.36. The number of ether oxygens (including phenoxy) is 2. The fourth-order valence-electron chi connectivity index (χ4n) is 3.91. The summed E-state index contributed by atoms with van der Waals surface area (Å²) in [6.07, 6.45) is 3.43. The number of methoxy groups -OCH3 is 1. The number of hydrogen-bond donors (Lipinski definition) is 1. The van der Waals surface area contributed by atoms with E-state index < -0.39 is 22.8 Å². The van der Waals surface area contributed by atoms with Gasteiger partial charge in [-0.25, -0.2) is 9.69 Å². The van der Waals surface area contributed by atoms with Gasteiger partial charge in [0, 0.05) is 22.2 Å². The maximum Gasteiger partial charge on any atom is 0.335 e. The van der Waals surface area contributed by atoms with Crippen molar-refractivity contribution in [2.24, 2.45) is 0 Å². The first kappa shape index (κ1) is 27.3. The highest BCUT2D eigenvalue weighted by Crippen LogP contribution is 2.35. The summed E-state index contributed by atoms with van der Waals surface area (Å²) in [4.78, 5) is 49.7. The number of nitro groups is 1. The van der Waals surface area contributed by atoms with Crippen molar-refractivity contribution >= 4 is 51.2 Å². The van der Waals surface area contributed by atoms with Crippen LogP contribution in [0.25, 0.3) is 6.08 Å². The predicted octanol–water partition coefficient (Wildman–Crippen LogP) is 5.34. The van der Waals surface area contributed by atoms with E-state index in [1.807, 2.05) is 0 Å².